The number of pyridine rings is 1. The maximum absolute atomic E-state index is 5.73. The normalized spacial score (nSPS) is 10.2. The quantitative estimate of drug-likeness (QED) is 0.869. The maximum atomic E-state index is 5.73. The molecular weight excluding hydrogens is 226 g/mol. The molecule has 0 atom stereocenters. The Bertz CT molecular complexity index is 567. The lowest BCUT2D eigenvalue weighted by molar-refractivity contribution is 0.401. The van der Waals surface area contributed by atoms with Crippen LogP contribution in [0.1, 0.15) is 11.1 Å². The van der Waals surface area contributed by atoms with Crippen molar-refractivity contribution >= 4 is 17.2 Å². The Labute approximate surface area is 107 Å². The van der Waals surface area contributed by atoms with E-state index in [0.29, 0.717) is 11.6 Å². The van der Waals surface area contributed by atoms with Gasteiger partial charge in [-0.2, -0.15) is 4.98 Å². The van der Waals surface area contributed by atoms with Crippen molar-refractivity contribution in [2.45, 2.75) is 13.8 Å². The number of methoxy groups -OCH3 is 1. The Kier molecular flexibility index (Phi) is 3.37. The molecule has 0 aliphatic rings. The van der Waals surface area contributed by atoms with Gasteiger partial charge in [-0.25, -0.2) is 0 Å². The van der Waals surface area contributed by atoms with Gasteiger partial charge in [-0.1, -0.05) is 12.1 Å². The van der Waals surface area contributed by atoms with Crippen LogP contribution in [0.3, 0.4) is 0 Å². The molecule has 0 amide bonds. The fourth-order valence-corrected chi connectivity index (χ4v) is 1.71. The first-order valence-electron chi connectivity index (χ1n) is 5.75. The summed E-state index contributed by atoms with van der Waals surface area (Å²) < 4.78 is 5.10. The van der Waals surface area contributed by atoms with Crippen molar-refractivity contribution in [1.82, 2.24) is 4.98 Å². The van der Waals surface area contributed by atoms with Crippen molar-refractivity contribution in [2.75, 3.05) is 18.2 Å². The molecule has 1 heterocycles. The first-order valence-corrected chi connectivity index (χ1v) is 5.75. The highest BCUT2D eigenvalue weighted by atomic mass is 16.5. The molecule has 1 aromatic heterocycles. The standard InChI is InChI=1S/C14H17N3O/c1-9-5-4-6-12(10(9)2)16-13-8-7-11(15)14(17-13)18-3/h4-8H,15H2,1-3H3,(H,16,17). The van der Waals surface area contributed by atoms with Crippen LogP contribution in [0.5, 0.6) is 5.88 Å². The third-order valence-corrected chi connectivity index (χ3v) is 2.95. The molecular formula is C14H17N3O. The van der Waals surface area contributed by atoms with E-state index in [4.69, 9.17) is 10.5 Å². The number of hydrogen-bond donors (Lipinski definition) is 2. The number of hydrogen-bond acceptors (Lipinski definition) is 4. The van der Waals surface area contributed by atoms with Crippen molar-refractivity contribution in [3.05, 3.63) is 41.5 Å². The van der Waals surface area contributed by atoms with Gasteiger partial charge in [-0.05, 0) is 43.2 Å². The summed E-state index contributed by atoms with van der Waals surface area (Å²) in [5.41, 5.74) is 9.74. The molecule has 1 aromatic carbocycles. The summed E-state index contributed by atoms with van der Waals surface area (Å²) in [6.45, 7) is 4.16. The van der Waals surface area contributed by atoms with Crippen LogP contribution in [-0.4, -0.2) is 12.1 Å². The minimum Gasteiger partial charge on any atom is -0.479 e. The van der Waals surface area contributed by atoms with E-state index in [1.807, 2.05) is 18.2 Å². The van der Waals surface area contributed by atoms with E-state index in [2.05, 4.69) is 30.2 Å². The Morgan fingerprint density at radius 2 is 1.94 bits per heavy atom. The molecule has 3 N–H and O–H groups in total. The molecule has 0 saturated carbocycles. The second kappa shape index (κ2) is 4.96. The van der Waals surface area contributed by atoms with Crippen LogP contribution in [0.25, 0.3) is 0 Å². The van der Waals surface area contributed by atoms with E-state index in [-0.39, 0.29) is 0 Å². The van der Waals surface area contributed by atoms with Gasteiger partial charge in [0, 0.05) is 5.69 Å². The van der Waals surface area contributed by atoms with Gasteiger partial charge in [0.2, 0.25) is 5.88 Å². The highest BCUT2D eigenvalue weighted by Crippen LogP contribution is 2.25. The van der Waals surface area contributed by atoms with E-state index in [1.54, 1.807) is 13.2 Å². The second-order valence-electron chi connectivity index (χ2n) is 4.17. The minimum absolute atomic E-state index is 0.435. The van der Waals surface area contributed by atoms with Crippen molar-refractivity contribution < 1.29 is 4.74 Å². The molecule has 0 aliphatic carbocycles. The van der Waals surface area contributed by atoms with Crippen LogP contribution in [-0.2, 0) is 0 Å². The van der Waals surface area contributed by atoms with E-state index in [1.165, 1.54) is 11.1 Å². The highest BCUT2D eigenvalue weighted by molar-refractivity contribution is 5.64. The topological polar surface area (TPSA) is 60.2 Å². The SMILES string of the molecule is COc1nc(Nc2cccc(C)c2C)ccc1N. The number of nitrogens with one attached hydrogen (secondary N) is 1. The van der Waals surface area contributed by atoms with Crippen LogP contribution in [0.15, 0.2) is 30.3 Å². The minimum atomic E-state index is 0.435. The second-order valence-corrected chi connectivity index (χ2v) is 4.17. The first kappa shape index (κ1) is 12.2. The summed E-state index contributed by atoms with van der Waals surface area (Å²) in [7, 11) is 1.56. The average Bonchev–Trinajstić information content (AvgIpc) is 2.37. The summed E-state index contributed by atoms with van der Waals surface area (Å²) in [6.07, 6.45) is 0. The van der Waals surface area contributed by atoms with Crippen molar-refractivity contribution in [3.8, 4) is 5.88 Å². The van der Waals surface area contributed by atoms with E-state index >= 15 is 0 Å². The van der Waals surface area contributed by atoms with Crippen LogP contribution < -0.4 is 15.8 Å². The summed E-state index contributed by atoms with van der Waals surface area (Å²) >= 11 is 0. The maximum Gasteiger partial charge on any atom is 0.238 e. The monoisotopic (exact) mass is 243 g/mol. The molecule has 0 fully saturated rings. The molecule has 4 heteroatoms. The molecule has 0 unspecified atom stereocenters. The van der Waals surface area contributed by atoms with Crippen LogP contribution in [0.4, 0.5) is 17.2 Å². The van der Waals surface area contributed by atoms with Crippen LogP contribution in [0, 0.1) is 13.8 Å². The van der Waals surface area contributed by atoms with Gasteiger partial charge in [0.05, 0.1) is 12.8 Å². The van der Waals surface area contributed by atoms with Crippen LogP contribution >= 0.6 is 0 Å². The Balaban J connectivity index is 2.31. The summed E-state index contributed by atoms with van der Waals surface area (Å²) in [6, 6.07) is 9.72. The zero-order valence-electron chi connectivity index (χ0n) is 10.8. The fraction of sp³-hybridized carbons (Fsp3) is 0.214. The lowest BCUT2D eigenvalue weighted by Gasteiger charge is -2.12. The summed E-state index contributed by atoms with van der Waals surface area (Å²) in [5.74, 6) is 1.15. The molecule has 94 valence electrons. The lowest BCUT2D eigenvalue weighted by atomic mass is 10.1. The third-order valence-electron chi connectivity index (χ3n) is 2.95. The summed E-state index contributed by atoms with van der Waals surface area (Å²) in [4.78, 5) is 4.30. The number of nitrogen functional groups attached to an aromatic ring is 1. The van der Waals surface area contributed by atoms with E-state index in [0.717, 1.165) is 11.5 Å². The number of aromatic nitrogens is 1. The first-order chi connectivity index (χ1) is 8.61. The summed E-state index contributed by atoms with van der Waals surface area (Å²) in [5, 5.41) is 3.27. The fourth-order valence-electron chi connectivity index (χ4n) is 1.71. The number of nitrogens with two attached hydrogens (primary N) is 1. The molecule has 4 nitrogen and oxygen atoms in total. The molecule has 0 spiro atoms. The number of benzene rings is 1. The molecule has 0 radical (unpaired) electrons. The number of anilines is 3. The van der Waals surface area contributed by atoms with Gasteiger partial charge < -0.3 is 15.8 Å². The smallest absolute Gasteiger partial charge is 0.238 e. The van der Waals surface area contributed by atoms with Gasteiger partial charge in [-0.15, -0.1) is 0 Å². The Hall–Kier alpha value is -2.23. The van der Waals surface area contributed by atoms with Crippen molar-refractivity contribution in [3.63, 3.8) is 0 Å². The number of rotatable bonds is 3. The molecule has 0 bridgehead atoms. The highest BCUT2D eigenvalue weighted by Gasteiger charge is 2.05. The molecule has 0 aliphatic heterocycles. The van der Waals surface area contributed by atoms with Gasteiger partial charge in [0.1, 0.15) is 5.82 Å². The lowest BCUT2D eigenvalue weighted by Crippen LogP contribution is -2.00. The zero-order valence-corrected chi connectivity index (χ0v) is 10.8. The van der Waals surface area contributed by atoms with Gasteiger partial charge in [-0.3, -0.25) is 0 Å². The number of aryl methyl sites for hydroxylation is 1. The van der Waals surface area contributed by atoms with E-state index < -0.39 is 0 Å². The van der Waals surface area contributed by atoms with Crippen molar-refractivity contribution in [2.24, 2.45) is 0 Å². The third kappa shape index (κ3) is 2.37. The van der Waals surface area contributed by atoms with Crippen LogP contribution in [0.2, 0.25) is 0 Å². The predicted molar refractivity (Wildman–Crippen MR) is 74.4 cm³/mol. The average molecular weight is 243 g/mol. The van der Waals surface area contributed by atoms with Gasteiger partial charge in [0.25, 0.3) is 0 Å². The Morgan fingerprint density at radius 3 is 2.67 bits per heavy atom. The number of nitrogens with zero attached hydrogens (tertiary/aromatic N) is 1. The predicted octanol–water partition coefficient (Wildman–Crippen LogP) is 3.03. The van der Waals surface area contributed by atoms with Gasteiger partial charge in [0.15, 0.2) is 0 Å². The molecule has 0 saturated heterocycles. The molecule has 18 heavy (non-hydrogen) atoms. The Morgan fingerprint density at radius 1 is 1.17 bits per heavy atom. The largest absolute Gasteiger partial charge is 0.479 e. The zero-order chi connectivity index (χ0) is 13.1. The van der Waals surface area contributed by atoms with Crippen molar-refractivity contribution in [1.29, 1.82) is 0 Å². The van der Waals surface area contributed by atoms with Gasteiger partial charge >= 0.3 is 0 Å². The van der Waals surface area contributed by atoms with E-state index in [9.17, 15) is 0 Å². The number of ether oxygens (including phenoxy) is 1. The molecule has 2 aromatic rings. The molecule has 2 rings (SSSR count).